The molecule has 1 atom stereocenters. The van der Waals surface area contributed by atoms with Gasteiger partial charge >= 0.3 is 12.4 Å². The Balaban J connectivity index is 4.69. The highest BCUT2D eigenvalue weighted by molar-refractivity contribution is 8.00. The smallest absolute Gasteiger partial charge is 0.319 e. The zero-order valence-electron chi connectivity index (χ0n) is 7.99. The largest absolute Gasteiger partial charge is 0.409 e. The van der Waals surface area contributed by atoms with Crippen molar-refractivity contribution in [2.24, 2.45) is 11.7 Å². The Hall–Kier alpha value is -0.110. The first-order chi connectivity index (χ1) is 6.46. The standard InChI is InChI=1S/C7H11F6NS/c1-3(2)4(14)15-5(6(8,9)10)7(11,12)13/h3-5H,14H2,1-2H3. The Bertz CT molecular complexity index is 185. The van der Waals surface area contributed by atoms with Crippen molar-refractivity contribution in [1.29, 1.82) is 0 Å². The van der Waals surface area contributed by atoms with Crippen molar-refractivity contribution in [2.75, 3.05) is 0 Å². The number of rotatable bonds is 3. The van der Waals surface area contributed by atoms with Gasteiger partial charge in [-0.3, -0.25) is 0 Å². The molecule has 0 rings (SSSR count). The van der Waals surface area contributed by atoms with Gasteiger partial charge in [0.05, 0.1) is 5.37 Å². The molecule has 0 aliphatic carbocycles. The lowest BCUT2D eigenvalue weighted by atomic mass is 10.2. The lowest BCUT2D eigenvalue weighted by molar-refractivity contribution is -0.224. The number of halogens is 6. The van der Waals surface area contributed by atoms with Crippen LogP contribution in [0.1, 0.15) is 13.8 Å². The van der Waals surface area contributed by atoms with E-state index in [2.05, 4.69) is 0 Å². The summed E-state index contributed by atoms with van der Waals surface area (Å²) >= 11 is -0.306. The van der Waals surface area contributed by atoms with Crippen molar-refractivity contribution in [2.45, 2.75) is 36.8 Å². The monoisotopic (exact) mass is 255 g/mol. The molecule has 15 heavy (non-hydrogen) atoms. The summed E-state index contributed by atoms with van der Waals surface area (Å²) in [6, 6.07) is 0. The van der Waals surface area contributed by atoms with Gasteiger partial charge in [0.15, 0.2) is 5.25 Å². The minimum atomic E-state index is -5.32. The fourth-order valence-electron chi connectivity index (χ4n) is 0.654. The Morgan fingerprint density at radius 3 is 1.47 bits per heavy atom. The second-order valence-corrected chi connectivity index (χ2v) is 4.60. The normalized spacial score (nSPS) is 16.2. The average Bonchev–Trinajstić information content (AvgIpc) is 1.94. The number of nitrogens with two attached hydrogens (primary N) is 1. The molecule has 0 heterocycles. The van der Waals surface area contributed by atoms with Gasteiger partial charge in [0.25, 0.3) is 0 Å². The second kappa shape index (κ2) is 4.82. The Labute approximate surface area is 87.4 Å². The molecule has 92 valence electrons. The summed E-state index contributed by atoms with van der Waals surface area (Å²) in [7, 11) is 0. The summed E-state index contributed by atoms with van der Waals surface area (Å²) in [6.45, 7) is 2.92. The van der Waals surface area contributed by atoms with Crippen molar-refractivity contribution in [3.05, 3.63) is 0 Å². The highest BCUT2D eigenvalue weighted by Gasteiger charge is 2.57. The van der Waals surface area contributed by atoms with Gasteiger partial charge in [-0.25, -0.2) is 0 Å². The molecule has 1 nitrogen and oxygen atoms in total. The molecule has 0 aliphatic rings. The molecule has 0 amide bonds. The van der Waals surface area contributed by atoms with Gasteiger partial charge < -0.3 is 5.73 Å². The van der Waals surface area contributed by atoms with Crippen LogP contribution in [-0.2, 0) is 0 Å². The predicted molar refractivity (Wildman–Crippen MR) is 46.3 cm³/mol. The van der Waals surface area contributed by atoms with Gasteiger partial charge in [-0.15, -0.1) is 11.8 Å². The van der Waals surface area contributed by atoms with Gasteiger partial charge in [-0.05, 0) is 5.92 Å². The van der Waals surface area contributed by atoms with Crippen molar-refractivity contribution in [3.8, 4) is 0 Å². The van der Waals surface area contributed by atoms with E-state index in [4.69, 9.17) is 5.73 Å². The second-order valence-electron chi connectivity index (χ2n) is 3.31. The third-order valence-corrected chi connectivity index (χ3v) is 3.21. The first kappa shape index (κ1) is 14.9. The third-order valence-electron chi connectivity index (χ3n) is 1.54. The summed E-state index contributed by atoms with van der Waals surface area (Å²) in [5.41, 5.74) is 5.17. The lowest BCUT2D eigenvalue weighted by Gasteiger charge is -2.26. The molecule has 8 heteroatoms. The van der Waals surface area contributed by atoms with E-state index < -0.39 is 28.9 Å². The maximum atomic E-state index is 12.0. The van der Waals surface area contributed by atoms with Gasteiger partial charge in [0, 0.05) is 0 Å². The predicted octanol–water partition coefficient (Wildman–Crippen LogP) is 3.15. The summed E-state index contributed by atoms with van der Waals surface area (Å²) < 4.78 is 72.3. The molecular weight excluding hydrogens is 244 g/mol. The molecule has 0 saturated heterocycles. The van der Waals surface area contributed by atoms with Crippen LogP contribution >= 0.6 is 11.8 Å². The molecular formula is C7H11F6NS. The van der Waals surface area contributed by atoms with Crippen LogP contribution in [0.3, 0.4) is 0 Å². The number of thioether (sulfide) groups is 1. The summed E-state index contributed by atoms with van der Waals surface area (Å²) in [5, 5.41) is -4.61. The highest BCUT2D eigenvalue weighted by Crippen LogP contribution is 2.43. The van der Waals surface area contributed by atoms with Crippen molar-refractivity contribution in [3.63, 3.8) is 0 Å². The van der Waals surface area contributed by atoms with Crippen molar-refractivity contribution >= 4 is 11.8 Å². The fraction of sp³-hybridized carbons (Fsp3) is 1.00. The molecule has 0 aromatic heterocycles. The molecule has 0 radical (unpaired) electrons. The van der Waals surface area contributed by atoms with E-state index in [9.17, 15) is 26.3 Å². The van der Waals surface area contributed by atoms with Gasteiger partial charge in [-0.1, -0.05) is 13.8 Å². The van der Waals surface area contributed by atoms with Crippen LogP contribution in [-0.4, -0.2) is 23.0 Å². The van der Waals surface area contributed by atoms with Crippen LogP contribution in [0.15, 0.2) is 0 Å². The van der Waals surface area contributed by atoms with E-state index in [-0.39, 0.29) is 11.8 Å². The van der Waals surface area contributed by atoms with Crippen LogP contribution in [0.4, 0.5) is 26.3 Å². The molecule has 0 aliphatic heterocycles. The van der Waals surface area contributed by atoms with Gasteiger partial charge in [-0.2, -0.15) is 26.3 Å². The van der Waals surface area contributed by atoms with E-state index in [1.54, 1.807) is 0 Å². The lowest BCUT2D eigenvalue weighted by Crippen LogP contribution is -2.42. The number of hydrogen-bond acceptors (Lipinski definition) is 2. The minimum Gasteiger partial charge on any atom is -0.319 e. The topological polar surface area (TPSA) is 26.0 Å². The van der Waals surface area contributed by atoms with E-state index in [0.29, 0.717) is 0 Å². The van der Waals surface area contributed by atoms with Crippen LogP contribution in [0.5, 0.6) is 0 Å². The van der Waals surface area contributed by atoms with Gasteiger partial charge in [0.2, 0.25) is 0 Å². The maximum absolute atomic E-state index is 12.0. The van der Waals surface area contributed by atoms with Crippen LogP contribution < -0.4 is 5.73 Å². The van der Waals surface area contributed by atoms with Crippen LogP contribution in [0.25, 0.3) is 0 Å². The zero-order chi connectivity index (χ0) is 12.4. The first-order valence-electron chi connectivity index (χ1n) is 4.00. The molecule has 0 fully saturated rings. The molecule has 0 spiro atoms. The SMILES string of the molecule is CC(C)C(N)SC(C(F)(F)F)C(F)(F)F. The molecule has 0 saturated carbocycles. The summed E-state index contributed by atoms with van der Waals surface area (Å²) in [4.78, 5) is 0. The number of alkyl halides is 6. The Morgan fingerprint density at radius 1 is 0.933 bits per heavy atom. The molecule has 0 aromatic rings. The molecule has 1 unspecified atom stereocenters. The number of hydrogen-bond donors (Lipinski definition) is 1. The summed E-state index contributed by atoms with van der Waals surface area (Å²) in [6.07, 6.45) is -10.6. The van der Waals surface area contributed by atoms with Crippen LogP contribution in [0, 0.1) is 5.92 Å². The minimum absolute atomic E-state index is 0.306. The fourth-order valence-corrected chi connectivity index (χ4v) is 1.59. The molecule has 0 aromatic carbocycles. The van der Waals surface area contributed by atoms with Crippen molar-refractivity contribution < 1.29 is 26.3 Å². The maximum Gasteiger partial charge on any atom is 0.409 e. The van der Waals surface area contributed by atoms with E-state index in [1.165, 1.54) is 13.8 Å². The van der Waals surface area contributed by atoms with E-state index in [1.807, 2.05) is 0 Å². The van der Waals surface area contributed by atoms with Crippen molar-refractivity contribution in [1.82, 2.24) is 0 Å². The Kier molecular flexibility index (Phi) is 4.78. The van der Waals surface area contributed by atoms with Crippen LogP contribution in [0.2, 0.25) is 0 Å². The first-order valence-corrected chi connectivity index (χ1v) is 4.95. The highest BCUT2D eigenvalue weighted by atomic mass is 32.2. The Morgan fingerprint density at radius 2 is 1.27 bits per heavy atom. The van der Waals surface area contributed by atoms with E-state index >= 15 is 0 Å². The third kappa shape index (κ3) is 4.96. The summed E-state index contributed by atoms with van der Waals surface area (Å²) in [5.74, 6) is -0.456. The molecule has 0 bridgehead atoms. The quantitative estimate of drug-likeness (QED) is 0.619. The molecule has 2 N–H and O–H groups in total. The van der Waals surface area contributed by atoms with E-state index in [0.717, 1.165) is 0 Å². The van der Waals surface area contributed by atoms with Gasteiger partial charge in [0.1, 0.15) is 0 Å². The average molecular weight is 255 g/mol. The zero-order valence-corrected chi connectivity index (χ0v) is 8.80.